The van der Waals surface area contributed by atoms with Crippen LogP contribution in [0.4, 0.5) is 5.69 Å². The maximum absolute atomic E-state index is 6.49. The fourth-order valence-electron chi connectivity index (χ4n) is 4.35. The molecule has 0 radical (unpaired) electrons. The van der Waals surface area contributed by atoms with Gasteiger partial charge in [0.05, 0.1) is 31.0 Å². The highest BCUT2D eigenvalue weighted by atomic mass is 35.5. The number of anilines is 1. The molecule has 4 aromatic rings. The highest BCUT2D eigenvalue weighted by Gasteiger charge is 2.42. The SMILES string of the molecule is COc1ccc(-n2cccc2[C@H]2[C@H](c3ccccn3)NC(=S)N2c2ccc(OC)c(Cl)c2)cc1. The number of aromatic nitrogens is 2. The number of rotatable bonds is 6. The Kier molecular flexibility index (Phi) is 6.13. The zero-order valence-electron chi connectivity index (χ0n) is 18.7. The Morgan fingerprint density at radius 3 is 2.41 bits per heavy atom. The number of thiocarbonyl (C=S) groups is 1. The molecule has 6 nitrogen and oxygen atoms in total. The number of benzene rings is 2. The first-order valence-electron chi connectivity index (χ1n) is 10.8. The van der Waals surface area contributed by atoms with E-state index in [9.17, 15) is 0 Å². The normalized spacial score (nSPS) is 17.5. The molecular weight excluding hydrogens is 468 g/mol. The lowest BCUT2D eigenvalue weighted by Crippen LogP contribution is -2.30. The maximum atomic E-state index is 6.49. The van der Waals surface area contributed by atoms with Gasteiger partial charge in [0.15, 0.2) is 5.11 Å². The van der Waals surface area contributed by atoms with E-state index in [-0.39, 0.29) is 12.1 Å². The third-order valence-corrected chi connectivity index (χ3v) is 6.56. The molecule has 0 spiro atoms. The van der Waals surface area contributed by atoms with E-state index in [1.165, 1.54) is 0 Å². The van der Waals surface area contributed by atoms with Crippen molar-refractivity contribution in [1.82, 2.24) is 14.9 Å². The number of halogens is 1. The molecule has 0 amide bonds. The summed E-state index contributed by atoms with van der Waals surface area (Å²) in [5.74, 6) is 1.42. The standard InChI is InChI=1S/C26H23ClN4O2S/c1-32-19-11-8-17(9-12-19)30-15-5-7-22(30)25-24(21-6-3-4-14-28-21)29-26(34)31(25)18-10-13-23(33-2)20(27)16-18/h3-16,24-25H,1-2H3,(H,29,34)/t24-,25-/m0/s1. The lowest BCUT2D eigenvalue weighted by Gasteiger charge is -2.29. The van der Waals surface area contributed by atoms with Crippen LogP contribution in [0.1, 0.15) is 23.5 Å². The van der Waals surface area contributed by atoms with Crippen LogP contribution in [0.25, 0.3) is 5.69 Å². The fourth-order valence-corrected chi connectivity index (χ4v) is 4.95. The Balaban J connectivity index is 1.64. The van der Waals surface area contributed by atoms with Gasteiger partial charge in [0, 0.05) is 29.5 Å². The summed E-state index contributed by atoms with van der Waals surface area (Å²) in [7, 11) is 3.27. The van der Waals surface area contributed by atoms with Crippen molar-refractivity contribution in [2.45, 2.75) is 12.1 Å². The van der Waals surface area contributed by atoms with Crippen molar-refractivity contribution in [3.63, 3.8) is 0 Å². The minimum atomic E-state index is -0.177. The van der Waals surface area contributed by atoms with Gasteiger partial charge in [-0.15, -0.1) is 0 Å². The van der Waals surface area contributed by atoms with Crippen molar-refractivity contribution in [3.05, 3.63) is 102 Å². The highest BCUT2D eigenvalue weighted by Crippen LogP contribution is 2.43. The Morgan fingerprint density at radius 2 is 1.74 bits per heavy atom. The van der Waals surface area contributed by atoms with E-state index in [0.717, 1.165) is 28.5 Å². The first-order valence-corrected chi connectivity index (χ1v) is 11.5. The summed E-state index contributed by atoms with van der Waals surface area (Å²) >= 11 is 12.3. The van der Waals surface area contributed by atoms with E-state index in [1.807, 2.05) is 72.9 Å². The third kappa shape index (κ3) is 3.97. The minimum Gasteiger partial charge on any atom is -0.497 e. The first-order chi connectivity index (χ1) is 16.6. The summed E-state index contributed by atoms with van der Waals surface area (Å²) in [6, 6.07) is 23.4. The first kappa shape index (κ1) is 22.3. The van der Waals surface area contributed by atoms with Crippen LogP contribution in [0.15, 0.2) is 85.2 Å². The van der Waals surface area contributed by atoms with Crippen molar-refractivity contribution in [1.29, 1.82) is 0 Å². The molecule has 1 aliphatic heterocycles. The average Bonchev–Trinajstić information content (AvgIpc) is 3.49. The Hall–Kier alpha value is -3.55. The number of hydrogen-bond donors (Lipinski definition) is 1. The van der Waals surface area contributed by atoms with E-state index < -0.39 is 0 Å². The molecule has 172 valence electrons. The molecule has 1 saturated heterocycles. The van der Waals surface area contributed by atoms with Gasteiger partial charge in [0.2, 0.25) is 0 Å². The molecule has 8 heteroatoms. The van der Waals surface area contributed by atoms with Crippen LogP contribution in [0.5, 0.6) is 11.5 Å². The number of pyridine rings is 1. The van der Waals surface area contributed by atoms with Crippen molar-refractivity contribution in [2.75, 3.05) is 19.1 Å². The largest absolute Gasteiger partial charge is 0.497 e. The molecule has 5 rings (SSSR count). The molecule has 3 heterocycles. The van der Waals surface area contributed by atoms with Crippen molar-refractivity contribution < 1.29 is 9.47 Å². The van der Waals surface area contributed by atoms with Crippen LogP contribution in [0.2, 0.25) is 5.02 Å². The average molecular weight is 491 g/mol. The molecular formula is C26H23ClN4O2S. The summed E-state index contributed by atoms with van der Waals surface area (Å²) in [5, 5.41) is 4.61. The van der Waals surface area contributed by atoms with Crippen molar-refractivity contribution in [3.8, 4) is 17.2 Å². The van der Waals surface area contributed by atoms with Gasteiger partial charge < -0.3 is 24.3 Å². The van der Waals surface area contributed by atoms with Gasteiger partial charge in [0.1, 0.15) is 17.5 Å². The summed E-state index contributed by atoms with van der Waals surface area (Å²) < 4.78 is 12.8. The van der Waals surface area contributed by atoms with Crippen LogP contribution in [0, 0.1) is 0 Å². The number of methoxy groups -OCH3 is 2. The number of ether oxygens (including phenoxy) is 2. The minimum absolute atomic E-state index is 0.165. The molecule has 34 heavy (non-hydrogen) atoms. The van der Waals surface area contributed by atoms with Gasteiger partial charge in [-0.1, -0.05) is 17.7 Å². The Labute approximate surface area is 208 Å². The summed E-state index contributed by atoms with van der Waals surface area (Å²) in [6.45, 7) is 0. The molecule has 1 N–H and O–H groups in total. The van der Waals surface area contributed by atoms with Gasteiger partial charge in [-0.2, -0.15) is 0 Å². The molecule has 2 aromatic carbocycles. The number of hydrogen-bond acceptors (Lipinski definition) is 4. The summed E-state index contributed by atoms with van der Waals surface area (Å²) in [4.78, 5) is 6.73. The molecule has 2 atom stereocenters. The van der Waals surface area contributed by atoms with E-state index >= 15 is 0 Å². The molecule has 1 aliphatic rings. The molecule has 0 unspecified atom stereocenters. The van der Waals surface area contributed by atoms with Gasteiger partial charge in [0.25, 0.3) is 0 Å². The van der Waals surface area contributed by atoms with Gasteiger partial charge in [-0.05, 0) is 78.9 Å². The van der Waals surface area contributed by atoms with Crippen LogP contribution >= 0.6 is 23.8 Å². The number of nitrogens with one attached hydrogen (secondary N) is 1. The van der Waals surface area contributed by atoms with Crippen LogP contribution in [-0.4, -0.2) is 28.9 Å². The van der Waals surface area contributed by atoms with Crippen molar-refractivity contribution in [2.24, 2.45) is 0 Å². The summed E-state index contributed by atoms with van der Waals surface area (Å²) in [6.07, 6.45) is 3.85. The number of nitrogens with zero attached hydrogens (tertiary/aromatic N) is 3. The molecule has 1 fully saturated rings. The second kappa shape index (κ2) is 9.37. The topological polar surface area (TPSA) is 51.5 Å². The Bertz CT molecular complexity index is 1310. The van der Waals surface area contributed by atoms with Crippen molar-refractivity contribution >= 4 is 34.6 Å². The zero-order chi connectivity index (χ0) is 23.7. The predicted octanol–water partition coefficient (Wildman–Crippen LogP) is 5.72. The third-order valence-electron chi connectivity index (χ3n) is 5.95. The van der Waals surface area contributed by atoms with E-state index in [0.29, 0.717) is 15.9 Å². The Morgan fingerprint density at radius 1 is 0.941 bits per heavy atom. The zero-order valence-corrected chi connectivity index (χ0v) is 20.3. The lowest BCUT2D eigenvalue weighted by atomic mass is 10.0. The second-order valence-corrected chi connectivity index (χ2v) is 8.61. The molecule has 0 saturated carbocycles. The molecule has 2 aromatic heterocycles. The van der Waals surface area contributed by atoms with Crippen LogP contribution < -0.4 is 19.7 Å². The quantitative estimate of drug-likeness (QED) is 0.349. The van der Waals surface area contributed by atoms with Gasteiger partial charge >= 0.3 is 0 Å². The van der Waals surface area contributed by atoms with E-state index in [1.54, 1.807) is 20.4 Å². The van der Waals surface area contributed by atoms with Crippen LogP contribution in [-0.2, 0) is 0 Å². The van der Waals surface area contributed by atoms with E-state index in [4.69, 9.17) is 33.3 Å². The lowest BCUT2D eigenvalue weighted by molar-refractivity contribution is 0.414. The maximum Gasteiger partial charge on any atom is 0.174 e. The van der Waals surface area contributed by atoms with E-state index in [2.05, 4.69) is 25.8 Å². The van der Waals surface area contributed by atoms with Crippen LogP contribution in [0.3, 0.4) is 0 Å². The molecule has 0 aliphatic carbocycles. The monoisotopic (exact) mass is 490 g/mol. The second-order valence-electron chi connectivity index (χ2n) is 7.82. The highest BCUT2D eigenvalue weighted by molar-refractivity contribution is 7.80. The molecule has 0 bridgehead atoms. The predicted molar refractivity (Wildman–Crippen MR) is 138 cm³/mol. The fraction of sp³-hybridized carbons (Fsp3) is 0.154. The van der Waals surface area contributed by atoms with Gasteiger partial charge in [-0.25, -0.2) is 0 Å². The van der Waals surface area contributed by atoms with Gasteiger partial charge in [-0.3, -0.25) is 4.98 Å². The smallest absolute Gasteiger partial charge is 0.174 e. The summed E-state index contributed by atoms with van der Waals surface area (Å²) in [5.41, 5.74) is 3.85.